The summed E-state index contributed by atoms with van der Waals surface area (Å²) in [5.41, 5.74) is 5.56. The molecule has 1 unspecified atom stereocenters. The summed E-state index contributed by atoms with van der Waals surface area (Å²) in [4.78, 5) is 11.2. The standard InChI is InChI=1S/C14H20F2N2O2/c1-9(18-8-14(2,3)12(17)19)10-4-6-11(7-5-10)20-13(15)16/h4-7,9,13,18H,8H2,1-3H3,(H2,17,19). The van der Waals surface area contributed by atoms with Gasteiger partial charge in [0.2, 0.25) is 5.91 Å². The van der Waals surface area contributed by atoms with Crippen LogP contribution in [0.1, 0.15) is 32.4 Å². The highest BCUT2D eigenvalue weighted by Gasteiger charge is 2.25. The largest absolute Gasteiger partial charge is 0.435 e. The maximum atomic E-state index is 12.0. The van der Waals surface area contributed by atoms with E-state index >= 15 is 0 Å². The van der Waals surface area contributed by atoms with Crippen molar-refractivity contribution in [3.8, 4) is 5.75 Å². The van der Waals surface area contributed by atoms with E-state index in [0.717, 1.165) is 5.56 Å². The number of ether oxygens (including phenoxy) is 1. The van der Waals surface area contributed by atoms with Gasteiger partial charge in [-0.05, 0) is 38.5 Å². The van der Waals surface area contributed by atoms with Gasteiger partial charge in [-0.15, -0.1) is 0 Å². The average Bonchev–Trinajstić information content (AvgIpc) is 2.36. The lowest BCUT2D eigenvalue weighted by Crippen LogP contribution is -2.41. The van der Waals surface area contributed by atoms with Crippen molar-refractivity contribution < 1.29 is 18.3 Å². The normalized spacial score (nSPS) is 13.3. The SMILES string of the molecule is CC(NCC(C)(C)C(N)=O)c1ccc(OC(F)F)cc1. The van der Waals surface area contributed by atoms with Crippen LogP contribution in [0.3, 0.4) is 0 Å². The summed E-state index contributed by atoms with van der Waals surface area (Å²) < 4.78 is 28.3. The molecule has 6 heteroatoms. The number of halogens is 2. The third-order valence-electron chi connectivity index (χ3n) is 3.12. The van der Waals surface area contributed by atoms with Gasteiger partial charge in [-0.2, -0.15) is 8.78 Å². The van der Waals surface area contributed by atoms with Crippen LogP contribution in [0.25, 0.3) is 0 Å². The molecule has 0 aliphatic heterocycles. The molecule has 1 aromatic rings. The van der Waals surface area contributed by atoms with Gasteiger partial charge in [-0.25, -0.2) is 0 Å². The third-order valence-corrected chi connectivity index (χ3v) is 3.12. The lowest BCUT2D eigenvalue weighted by Gasteiger charge is -2.24. The number of hydrogen-bond acceptors (Lipinski definition) is 3. The minimum absolute atomic E-state index is 0.0331. The third kappa shape index (κ3) is 4.77. The quantitative estimate of drug-likeness (QED) is 0.809. The van der Waals surface area contributed by atoms with Crippen molar-refractivity contribution in [1.29, 1.82) is 0 Å². The van der Waals surface area contributed by atoms with Crippen molar-refractivity contribution in [2.24, 2.45) is 11.1 Å². The van der Waals surface area contributed by atoms with Gasteiger partial charge in [-0.3, -0.25) is 4.79 Å². The molecule has 0 bridgehead atoms. The molecule has 0 fully saturated rings. The summed E-state index contributed by atoms with van der Waals surface area (Å²) in [6, 6.07) is 6.34. The number of benzene rings is 1. The van der Waals surface area contributed by atoms with Crippen LogP contribution >= 0.6 is 0 Å². The van der Waals surface area contributed by atoms with Crippen molar-refractivity contribution in [2.75, 3.05) is 6.54 Å². The zero-order valence-corrected chi connectivity index (χ0v) is 11.8. The highest BCUT2D eigenvalue weighted by Crippen LogP contribution is 2.20. The van der Waals surface area contributed by atoms with Crippen LogP contribution in [0.5, 0.6) is 5.75 Å². The first-order valence-electron chi connectivity index (χ1n) is 6.30. The first-order valence-corrected chi connectivity index (χ1v) is 6.30. The minimum Gasteiger partial charge on any atom is -0.435 e. The van der Waals surface area contributed by atoms with Gasteiger partial charge in [0.15, 0.2) is 0 Å². The summed E-state index contributed by atoms with van der Waals surface area (Å²) in [6.45, 7) is 3.04. The predicted molar refractivity (Wildman–Crippen MR) is 72.5 cm³/mol. The molecule has 0 aliphatic carbocycles. The second-order valence-corrected chi connectivity index (χ2v) is 5.30. The van der Waals surface area contributed by atoms with Crippen LogP contribution in [0.4, 0.5) is 8.78 Å². The number of carbonyl (C=O) groups excluding carboxylic acids is 1. The summed E-state index contributed by atoms with van der Waals surface area (Å²) >= 11 is 0. The van der Waals surface area contributed by atoms with Crippen LogP contribution in [0.2, 0.25) is 0 Å². The second-order valence-electron chi connectivity index (χ2n) is 5.30. The molecule has 112 valence electrons. The fourth-order valence-corrected chi connectivity index (χ4v) is 1.55. The monoisotopic (exact) mass is 286 g/mol. The Bertz CT molecular complexity index is 447. The first kappa shape index (κ1) is 16.4. The number of nitrogens with one attached hydrogen (secondary N) is 1. The maximum absolute atomic E-state index is 12.0. The topological polar surface area (TPSA) is 64.3 Å². The van der Waals surface area contributed by atoms with Crippen LogP contribution in [-0.2, 0) is 4.79 Å². The molecule has 3 N–H and O–H groups in total. The first-order chi connectivity index (χ1) is 9.22. The van der Waals surface area contributed by atoms with E-state index in [2.05, 4.69) is 10.1 Å². The van der Waals surface area contributed by atoms with Crippen molar-refractivity contribution in [2.45, 2.75) is 33.4 Å². The van der Waals surface area contributed by atoms with Crippen molar-refractivity contribution >= 4 is 5.91 Å². The van der Waals surface area contributed by atoms with Crippen molar-refractivity contribution in [3.05, 3.63) is 29.8 Å². The Balaban J connectivity index is 2.60. The maximum Gasteiger partial charge on any atom is 0.387 e. The van der Waals surface area contributed by atoms with Crippen LogP contribution < -0.4 is 15.8 Å². The van der Waals surface area contributed by atoms with Crippen LogP contribution in [-0.4, -0.2) is 19.1 Å². The van der Waals surface area contributed by atoms with E-state index in [1.807, 2.05) is 6.92 Å². The molecule has 0 aromatic heterocycles. The van der Waals surface area contributed by atoms with E-state index in [4.69, 9.17) is 5.73 Å². The smallest absolute Gasteiger partial charge is 0.387 e. The van der Waals surface area contributed by atoms with Crippen molar-refractivity contribution in [3.63, 3.8) is 0 Å². The van der Waals surface area contributed by atoms with Gasteiger partial charge in [0.1, 0.15) is 5.75 Å². The molecule has 0 spiro atoms. The van der Waals surface area contributed by atoms with Crippen LogP contribution in [0.15, 0.2) is 24.3 Å². The van der Waals surface area contributed by atoms with Crippen LogP contribution in [0, 0.1) is 5.41 Å². The molecular weight excluding hydrogens is 266 g/mol. The minimum atomic E-state index is -2.83. The molecule has 0 aliphatic rings. The summed E-state index contributed by atoms with van der Waals surface area (Å²) in [5, 5.41) is 3.19. The number of alkyl halides is 2. The number of primary amides is 1. The Morgan fingerprint density at radius 3 is 2.35 bits per heavy atom. The molecule has 1 rings (SSSR count). The molecule has 4 nitrogen and oxygen atoms in total. The van der Waals surface area contributed by atoms with E-state index in [1.54, 1.807) is 26.0 Å². The summed E-state index contributed by atoms with van der Waals surface area (Å²) in [5.74, 6) is -0.258. The van der Waals surface area contributed by atoms with E-state index in [9.17, 15) is 13.6 Å². The zero-order valence-electron chi connectivity index (χ0n) is 11.8. The Morgan fingerprint density at radius 2 is 1.90 bits per heavy atom. The second kappa shape index (κ2) is 6.65. The van der Waals surface area contributed by atoms with Gasteiger partial charge < -0.3 is 15.8 Å². The summed E-state index contributed by atoms with van der Waals surface area (Å²) in [7, 11) is 0. The molecule has 1 aromatic carbocycles. The predicted octanol–water partition coefficient (Wildman–Crippen LogP) is 2.45. The van der Waals surface area contributed by atoms with E-state index in [1.165, 1.54) is 12.1 Å². The summed E-state index contributed by atoms with van der Waals surface area (Å²) in [6.07, 6.45) is 0. The number of carbonyl (C=O) groups is 1. The Labute approximate surface area is 117 Å². The molecule has 0 radical (unpaired) electrons. The number of nitrogens with two attached hydrogens (primary N) is 1. The molecular formula is C14H20F2N2O2. The highest BCUT2D eigenvalue weighted by molar-refractivity contribution is 5.80. The average molecular weight is 286 g/mol. The van der Waals surface area contributed by atoms with E-state index in [0.29, 0.717) is 6.54 Å². The Kier molecular flexibility index (Phi) is 5.44. The number of amides is 1. The Hall–Kier alpha value is -1.69. The zero-order chi connectivity index (χ0) is 15.3. The fourth-order valence-electron chi connectivity index (χ4n) is 1.55. The Morgan fingerprint density at radius 1 is 1.35 bits per heavy atom. The lowest BCUT2D eigenvalue weighted by molar-refractivity contribution is -0.125. The van der Waals surface area contributed by atoms with Gasteiger partial charge in [0.05, 0.1) is 5.41 Å². The van der Waals surface area contributed by atoms with E-state index < -0.39 is 12.0 Å². The molecule has 0 saturated heterocycles. The number of hydrogen-bond donors (Lipinski definition) is 2. The van der Waals surface area contributed by atoms with Gasteiger partial charge in [0, 0.05) is 12.6 Å². The van der Waals surface area contributed by atoms with Gasteiger partial charge >= 0.3 is 6.61 Å². The highest BCUT2D eigenvalue weighted by atomic mass is 19.3. The molecule has 0 saturated carbocycles. The van der Waals surface area contributed by atoms with Crippen molar-refractivity contribution in [1.82, 2.24) is 5.32 Å². The molecule has 1 atom stereocenters. The molecule has 0 heterocycles. The van der Waals surface area contributed by atoms with E-state index in [-0.39, 0.29) is 17.7 Å². The van der Waals surface area contributed by atoms with Gasteiger partial charge in [0.25, 0.3) is 0 Å². The van der Waals surface area contributed by atoms with Gasteiger partial charge in [-0.1, -0.05) is 12.1 Å². The lowest BCUT2D eigenvalue weighted by atomic mass is 9.92. The molecule has 20 heavy (non-hydrogen) atoms. The fraction of sp³-hybridized carbons (Fsp3) is 0.500. The molecule has 1 amide bonds. The number of rotatable bonds is 7.